The normalized spacial score (nSPS) is 11.4. The second kappa shape index (κ2) is 3.60. The molecule has 98 valence electrons. The molecule has 0 spiro atoms. The third-order valence-electron chi connectivity index (χ3n) is 2.81. The van der Waals surface area contributed by atoms with Crippen LogP contribution in [0.5, 0.6) is 0 Å². The van der Waals surface area contributed by atoms with Crippen molar-refractivity contribution in [2.45, 2.75) is 0 Å². The van der Waals surface area contributed by atoms with Crippen LogP contribution in [0.4, 0.5) is 0 Å². The highest BCUT2D eigenvalue weighted by atomic mass is 16.1. The Morgan fingerprint density at radius 1 is 0.750 bits per heavy atom. The van der Waals surface area contributed by atoms with Gasteiger partial charge in [-0.05, 0) is 0 Å². The maximum absolute atomic E-state index is 11.6. The summed E-state index contributed by atoms with van der Waals surface area (Å²) in [6.45, 7) is 0. The molecule has 0 unspecified atom stereocenters. The average molecular weight is 270 g/mol. The van der Waals surface area contributed by atoms with Crippen molar-refractivity contribution in [2.24, 2.45) is 0 Å². The van der Waals surface area contributed by atoms with Crippen LogP contribution in [-0.2, 0) is 0 Å². The number of H-pyrrole nitrogens is 4. The van der Waals surface area contributed by atoms with E-state index in [2.05, 4.69) is 39.9 Å². The molecule has 0 aliphatic heterocycles. The van der Waals surface area contributed by atoms with Gasteiger partial charge in [0, 0.05) is 0 Å². The van der Waals surface area contributed by atoms with Crippen molar-refractivity contribution in [3.63, 3.8) is 0 Å². The molecular weight excluding hydrogens is 264 g/mol. The SMILES string of the molecule is O=c1[nH]cnc2nc(-c3nc4nc[nH]c(=O)c4[nH]3)[nH]c12. The molecule has 0 atom stereocenters. The molecule has 0 amide bonds. The van der Waals surface area contributed by atoms with Gasteiger partial charge in [-0.1, -0.05) is 0 Å². The number of imidazole rings is 2. The highest BCUT2D eigenvalue weighted by molar-refractivity contribution is 5.77. The van der Waals surface area contributed by atoms with E-state index < -0.39 is 0 Å². The van der Waals surface area contributed by atoms with Crippen LogP contribution in [0.25, 0.3) is 34.0 Å². The summed E-state index contributed by atoms with van der Waals surface area (Å²) < 4.78 is 0. The van der Waals surface area contributed by atoms with Crippen LogP contribution in [-0.4, -0.2) is 39.9 Å². The lowest BCUT2D eigenvalue weighted by atomic mass is 10.5. The maximum Gasteiger partial charge on any atom is 0.276 e. The smallest absolute Gasteiger partial charge is 0.276 e. The van der Waals surface area contributed by atoms with E-state index in [9.17, 15) is 9.59 Å². The first-order chi connectivity index (χ1) is 9.72. The van der Waals surface area contributed by atoms with E-state index in [4.69, 9.17) is 0 Å². The first kappa shape index (κ1) is 10.6. The van der Waals surface area contributed by atoms with E-state index >= 15 is 0 Å². The van der Waals surface area contributed by atoms with Gasteiger partial charge in [0.2, 0.25) is 0 Å². The largest absolute Gasteiger partial charge is 0.329 e. The summed E-state index contributed by atoms with van der Waals surface area (Å²) >= 11 is 0. The predicted molar refractivity (Wildman–Crippen MR) is 68.0 cm³/mol. The molecule has 0 fully saturated rings. The Balaban J connectivity index is 2.01. The summed E-state index contributed by atoms with van der Waals surface area (Å²) in [5, 5.41) is 0. The van der Waals surface area contributed by atoms with Gasteiger partial charge in [-0.2, -0.15) is 0 Å². The Bertz CT molecular complexity index is 966. The fraction of sp³-hybridized carbons (Fsp3) is 0. The van der Waals surface area contributed by atoms with Gasteiger partial charge in [-0.25, -0.2) is 19.9 Å². The molecule has 0 saturated carbocycles. The number of hydrogen-bond acceptors (Lipinski definition) is 6. The van der Waals surface area contributed by atoms with Gasteiger partial charge >= 0.3 is 0 Å². The van der Waals surface area contributed by atoms with E-state index in [0.717, 1.165) is 0 Å². The first-order valence-corrected chi connectivity index (χ1v) is 5.59. The zero-order valence-electron chi connectivity index (χ0n) is 9.76. The van der Waals surface area contributed by atoms with Crippen molar-refractivity contribution < 1.29 is 0 Å². The van der Waals surface area contributed by atoms with Crippen molar-refractivity contribution in [1.82, 2.24) is 39.9 Å². The Hall–Kier alpha value is -3.30. The number of nitrogens with one attached hydrogen (secondary N) is 4. The molecule has 20 heavy (non-hydrogen) atoms. The standard InChI is InChI=1S/C10H6N8O2/c19-9-3-5(11-1-13-9)17-7(15-3)8-16-4-6(18-8)12-2-14-10(4)20/h1-2H,(H2,11,13,15,17,19)(H2,12,14,16,18,20). The number of aromatic nitrogens is 8. The Kier molecular flexibility index (Phi) is 1.91. The maximum atomic E-state index is 11.6. The Morgan fingerprint density at radius 3 is 1.60 bits per heavy atom. The van der Waals surface area contributed by atoms with E-state index in [1.54, 1.807) is 0 Å². The quantitative estimate of drug-likeness (QED) is 0.358. The third kappa shape index (κ3) is 1.38. The molecule has 10 heteroatoms. The molecule has 0 radical (unpaired) electrons. The average Bonchev–Trinajstić information content (AvgIpc) is 3.03. The Labute approximate surface area is 108 Å². The van der Waals surface area contributed by atoms with E-state index in [-0.39, 0.29) is 33.4 Å². The summed E-state index contributed by atoms with van der Waals surface area (Å²) in [6, 6.07) is 0. The number of rotatable bonds is 1. The molecule has 0 aliphatic carbocycles. The van der Waals surface area contributed by atoms with Gasteiger partial charge in [0.25, 0.3) is 11.1 Å². The van der Waals surface area contributed by atoms with Crippen LogP contribution in [0.3, 0.4) is 0 Å². The number of aromatic amines is 4. The lowest BCUT2D eigenvalue weighted by Crippen LogP contribution is -2.05. The van der Waals surface area contributed by atoms with Crippen LogP contribution in [0.15, 0.2) is 22.2 Å². The van der Waals surface area contributed by atoms with Crippen molar-refractivity contribution in [2.75, 3.05) is 0 Å². The van der Waals surface area contributed by atoms with Crippen molar-refractivity contribution in [3.8, 4) is 11.6 Å². The molecule has 4 N–H and O–H groups in total. The third-order valence-corrected chi connectivity index (χ3v) is 2.81. The second-order valence-electron chi connectivity index (χ2n) is 4.03. The molecule has 4 rings (SSSR count). The first-order valence-electron chi connectivity index (χ1n) is 5.59. The number of fused-ring (bicyclic) bond motifs is 2. The highest BCUT2D eigenvalue weighted by Gasteiger charge is 2.14. The van der Waals surface area contributed by atoms with E-state index in [0.29, 0.717) is 11.6 Å². The van der Waals surface area contributed by atoms with Gasteiger partial charge in [-0.15, -0.1) is 0 Å². The van der Waals surface area contributed by atoms with E-state index in [1.807, 2.05) is 0 Å². The molecule has 0 aromatic carbocycles. The van der Waals surface area contributed by atoms with Gasteiger partial charge in [-0.3, -0.25) is 9.59 Å². The molecular formula is C10H6N8O2. The summed E-state index contributed by atoms with van der Waals surface area (Å²) in [4.78, 5) is 49.8. The minimum Gasteiger partial charge on any atom is -0.329 e. The van der Waals surface area contributed by atoms with Crippen LogP contribution in [0, 0.1) is 0 Å². The summed E-state index contributed by atoms with van der Waals surface area (Å²) in [5.74, 6) is 0.614. The van der Waals surface area contributed by atoms with Gasteiger partial charge in [0.1, 0.15) is 0 Å². The topological polar surface area (TPSA) is 149 Å². The monoisotopic (exact) mass is 270 g/mol. The molecule has 4 aromatic rings. The fourth-order valence-electron chi connectivity index (χ4n) is 1.90. The van der Waals surface area contributed by atoms with Gasteiger partial charge in [0.15, 0.2) is 34.0 Å². The zero-order valence-corrected chi connectivity index (χ0v) is 9.76. The molecule has 0 bridgehead atoms. The van der Waals surface area contributed by atoms with E-state index in [1.165, 1.54) is 12.7 Å². The lowest BCUT2D eigenvalue weighted by molar-refractivity contribution is 1.15. The molecule has 0 aliphatic rings. The van der Waals surface area contributed by atoms with Crippen molar-refractivity contribution in [1.29, 1.82) is 0 Å². The lowest BCUT2D eigenvalue weighted by Gasteiger charge is -1.85. The highest BCUT2D eigenvalue weighted by Crippen LogP contribution is 2.15. The predicted octanol–water partition coefficient (Wildman–Crippen LogP) is -0.727. The summed E-state index contributed by atoms with van der Waals surface area (Å²) in [7, 11) is 0. The van der Waals surface area contributed by atoms with Crippen molar-refractivity contribution in [3.05, 3.63) is 33.4 Å². The van der Waals surface area contributed by atoms with Gasteiger partial charge in [0.05, 0.1) is 12.7 Å². The number of nitrogens with zero attached hydrogens (tertiary/aromatic N) is 4. The van der Waals surface area contributed by atoms with Crippen LogP contribution >= 0.6 is 0 Å². The van der Waals surface area contributed by atoms with Crippen LogP contribution < -0.4 is 11.1 Å². The van der Waals surface area contributed by atoms with Crippen LogP contribution in [0.1, 0.15) is 0 Å². The summed E-state index contributed by atoms with van der Waals surface area (Å²) in [6.07, 6.45) is 2.53. The molecule has 10 nitrogen and oxygen atoms in total. The van der Waals surface area contributed by atoms with Gasteiger partial charge < -0.3 is 19.9 Å². The summed E-state index contributed by atoms with van der Waals surface area (Å²) in [5.41, 5.74) is 0.355. The minimum absolute atomic E-state index is 0.241. The fourth-order valence-corrected chi connectivity index (χ4v) is 1.90. The second-order valence-corrected chi connectivity index (χ2v) is 4.03. The minimum atomic E-state index is -0.333. The molecule has 4 aromatic heterocycles. The Morgan fingerprint density at radius 2 is 1.20 bits per heavy atom. The molecule has 0 saturated heterocycles. The zero-order chi connectivity index (χ0) is 13.7. The number of hydrogen-bond donors (Lipinski definition) is 4. The van der Waals surface area contributed by atoms with Crippen molar-refractivity contribution >= 4 is 22.3 Å². The molecule has 4 heterocycles. The van der Waals surface area contributed by atoms with Crippen LogP contribution in [0.2, 0.25) is 0 Å².